The van der Waals surface area contributed by atoms with Gasteiger partial charge in [-0.3, -0.25) is 9.69 Å². The Balaban J connectivity index is 1.74. The smallest absolute Gasteiger partial charge is 0.287 e. The largest absolute Gasteiger partial charge is 0.455 e. The van der Waals surface area contributed by atoms with Crippen LogP contribution in [0.1, 0.15) is 67.8 Å². The number of rotatable bonds is 7. The van der Waals surface area contributed by atoms with Crippen LogP contribution in [0.2, 0.25) is 0 Å². The summed E-state index contributed by atoms with van der Waals surface area (Å²) in [7, 11) is 0. The van der Waals surface area contributed by atoms with Gasteiger partial charge in [-0.05, 0) is 44.9 Å². The molecule has 0 radical (unpaired) electrons. The maximum Gasteiger partial charge on any atom is 0.287 e. The molecular formula is C22H29FN2O2. The molecule has 1 aliphatic carbocycles. The highest BCUT2D eigenvalue weighted by atomic mass is 19.1. The SMILES string of the molecule is CC(C)NC(=O)c1ccc(CN(Cc2ccccc2F)C2CCCCC2)o1. The predicted octanol–water partition coefficient (Wildman–Crippen LogP) is 4.89. The number of carbonyl (C=O) groups excluding carboxylic acids is 1. The third-order valence-corrected chi connectivity index (χ3v) is 5.09. The van der Waals surface area contributed by atoms with Gasteiger partial charge in [-0.2, -0.15) is 0 Å². The number of furan rings is 1. The molecule has 0 atom stereocenters. The van der Waals surface area contributed by atoms with Crippen LogP contribution in [0.15, 0.2) is 40.8 Å². The van der Waals surface area contributed by atoms with Crippen molar-refractivity contribution in [3.63, 3.8) is 0 Å². The normalized spacial score (nSPS) is 15.4. The van der Waals surface area contributed by atoms with Crippen LogP contribution < -0.4 is 5.32 Å². The molecular weight excluding hydrogens is 343 g/mol. The molecule has 4 nitrogen and oxygen atoms in total. The van der Waals surface area contributed by atoms with Crippen LogP contribution in [0.4, 0.5) is 4.39 Å². The Hall–Kier alpha value is -2.14. The summed E-state index contributed by atoms with van der Waals surface area (Å²) >= 11 is 0. The Bertz CT molecular complexity index is 750. The van der Waals surface area contributed by atoms with Gasteiger partial charge in [0, 0.05) is 24.2 Å². The third kappa shape index (κ3) is 5.42. The Labute approximate surface area is 160 Å². The van der Waals surface area contributed by atoms with Gasteiger partial charge in [0.2, 0.25) is 0 Å². The van der Waals surface area contributed by atoms with Gasteiger partial charge in [-0.25, -0.2) is 4.39 Å². The zero-order valence-electron chi connectivity index (χ0n) is 16.2. The fourth-order valence-electron chi connectivity index (χ4n) is 3.72. The van der Waals surface area contributed by atoms with Crippen LogP contribution >= 0.6 is 0 Å². The monoisotopic (exact) mass is 372 g/mol. The number of carbonyl (C=O) groups is 1. The quantitative estimate of drug-likeness (QED) is 0.752. The van der Waals surface area contributed by atoms with Crippen LogP contribution in [0.25, 0.3) is 0 Å². The van der Waals surface area contributed by atoms with Gasteiger partial charge in [-0.1, -0.05) is 37.5 Å². The van der Waals surface area contributed by atoms with Crippen molar-refractivity contribution >= 4 is 5.91 Å². The van der Waals surface area contributed by atoms with E-state index in [4.69, 9.17) is 4.42 Å². The average Bonchev–Trinajstić information content (AvgIpc) is 3.12. The van der Waals surface area contributed by atoms with Crippen molar-refractivity contribution in [2.75, 3.05) is 0 Å². The van der Waals surface area contributed by atoms with Crippen LogP contribution in [-0.4, -0.2) is 22.9 Å². The van der Waals surface area contributed by atoms with Gasteiger partial charge in [0.05, 0.1) is 6.54 Å². The number of nitrogens with zero attached hydrogens (tertiary/aromatic N) is 1. The highest BCUT2D eigenvalue weighted by Crippen LogP contribution is 2.26. The first-order valence-electron chi connectivity index (χ1n) is 9.90. The van der Waals surface area contributed by atoms with E-state index in [1.807, 2.05) is 32.0 Å². The molecule has 0 spiro atoms. The molecule has 0 unspecified atom stereocenters. The summed E-state index contributed by atoms with van der Waals surface area (Å²) in [6.07, 6.45) is 5.92. The molecule has 0 bridgehead atoms. The molecule has 0 aliphatic heterocycles. The van der Waals surface area contributed by atoms with Crippen molar-refractivity contribution in [3.05, 3.63) is 59.3 Å². The van der Waals surface area contributed by atoms with E-state index in [-0.39, 0.29) is 17.8 Å². The van der Waals surface area contributed by atoms with E-state index in [1.54, 1.807) is 12.1 Å². The summed E-state index contributed by atoms with van der Waals surface area (Å²) in [5.41, 5.74) is 0.701. The summed E-state index contributed by atoms with van der Waals surface area (Å²) in [4.78, 5) is 14.4. The first-order valence-corrected chi connectivity index (χ1v) is 9.90. The molecule has 3 rings (SSSR count). The van der Waals surface area contributed by atoms with E-state index < -0.39 is 0 Å². The van der Waals surface area contributed by atoms with Gasteiger partial charge in [-0.15, -0.1) is 0 Å². The summed E-state index contributed by atoms with van der Waals surface area (Å²) in [6.45, 7) is 4.96. The standard InChI is InChI=1S/C22H29FN2O2/c1-16(2)24-22(26)21-13-12-19(27-21)15-25(18-9-4-3-5-10-18)14-17-8-6-7-11-20(17)23/h6-8,11-13,16,18H,3-5,9-10,14-15H2,1-2H3,(H,24,26). The molecule has 1 aromatic carbocycles. The summed E-state index contributed by atoms with van der Waals surface area (Å²) < 4.78 is 20.0. The molecule has 146 valence electrons. The third-order valence-electron chi connectivity index (χ3n) is 5.09. The van der Waals surface area contributed by atoms with Gasteiger partial charge in [0.15, 0.2) is 5.76 Å². The first-order chi connectivity index (χ1) is 13.0. The minimum absolute atomic E-state index is 0.0610. The van der Waals surface area contributed by atoms with Gasteiger partial charge >= 0.3 is 0 Å². The van der Waals surface area contributed by atoms with Crippen LogP contribution in [0.3, 0.4) is 0 Å². The maximum atomic E-state index is 14.2. The topological polar surface area (TPSA) is 45.5 Å². The molecule has 1 amide bonds. The summed E-state index contributed by atoms with van der Waals surface area (Å²) in [6, 6.07) is 11.0. The minimum Gasteiger partial charge on any atom is -0.455 e. The van der Waals surface area contributed by atoms with E-state index in [1.165, 1.54) is 25.3 Å². The van der Waals surface area contributed by atoms with E-state index in [0.717, 1.165) is 18.6 Å². The number of amides is 1. The summed E-state index contributed by atoms with van der Waals surface area (Å²) in [5, 5.41) is 2.84. The Morgan fingerprint density at radius 3 is 2.59 bits per heavy atom. The van der Waals surface area contributed by atoms with Crippen molar-refractivity contribution in [2.45, 2.75) is 71.1 Å². The lowest BCUT2D eigenvalue weighted by molar-refractivity contribution is 0.0905. The second-order valence-electron chi connectivity index (χ2n) is 7.68. The number of hydrogen-bond acceptors (Lipinski definition) is 3. The van der Waals surface area contributed by atoms with E-state index >= 15 is 0 Å². The maximum absolute atomic E-state index is 14.2. The molecule has 1 aliphatic rings. The molecule has 1 N–H and O–H groups in total. The molecule has 1 heterocycles. The lowest BCUT2D eigenvalue weighted by Gasteiger charge is -2.34. The lowest BCUT2D eigenvalue weighted by atomic mass is 9.93. The Morgan fingerprint density at radius 1 is 1.15 bits per heavy atom. The fourth-order valence-corrected chi connectivity index (χ4v) is 3.72. The minimum atomic E-state index is -0.199. The fraction of sp³-hybridized carbons (Fsp3) is 0.500. The van der Waals surface area contributed by atoms with Gasteiger partial charge in [0.25, 0.3) is 5.91 Å². The zero-order valence-corrected chi connectivity index (χ0v) is 16.2. The lowest BCUT2D eigenvalue weighted by Crippen LogP contribution is -2.36. The van der Waals surface area contributed by atoms with Crippen LogP contribution in [-0.2, 0) is 13.1 Å². The number of benzene rings is 1. The first kappa shape index (κ1) is 19.6. The molecule has 1 fully saturated rings. The van der Waals surface area contributed by atoms with Crippen molar-refractivity contribution in [1.82, 2.24) is 10.2 Å². The van der Waals surface area contributed by atoms with E-state index in [0.29, 0.717) is 30.5 Å². The molecule has 1 aromatic heterocycles. The molecule has 5 heteroatoms. The second kappa shape index (κ2) is 9.18. The van der Waals surface area contributed by atoms with Crippen molar-refractivity contribution in [1.29, 1.82) is 0 Å². The van der Waals surface area contributed by atoms with Crippen molar-refractivity contribution < 1.29 is 13.6 Å². The summed E-state index contributed by atoms with van der Waals surface area (Å²) in [5.74, 6) is 0.698. The molecule has 1 saturated carbocycles. The van der Waals surface area contributed by atoms with Gasteiger partial charge < -0.3 is 9.73 Å². The number of halogens is 1. The zero-order chi connectivity index (χ0) is 19.2. The van der Waals surface area contributed by atoms with E-state index in [9.17, 15) is 9.18 Å². The Morgan fingerprint density at radius 2 is 1.89 bits per heavy atom. The predicted molar refractivity (Wildman–Crippen MR) is 104 cm³/mol. The van der Waals surface area contributed by atoms with E-state index in [2.05, 4.69) is 10.2 Å². The molecule has 27 heavy (non-hydrogen) atoms. The number of hydrogen-bond donors (Lipinski definition) is 1. The molecule has 0 saturated heterocycles. The second-order valence-corrected chi connectivity index (χ2v) is 7.68. The van der Waals surface area contributed by atoms with Crippen molar-refractivity contribution in [3.8, 4) is 0 Å². The van der Waals surface area contributed by atoms with Crippen LogP contribution in [0.5, 0.6) is 0 Å². The molecule has 2 aromatic rings. The van der Waals surface area contributed by atoms with Crippen molar-refractivity contribution in [2.24, 2.45) is 0 Å². The van der Waals surface area contributed by atoms with Crippen LogP contribution in [0, 0.1) is 5.82 Å². The highest BCUT2D eigenvalue weighted by Gasteiger charge is 2.24. The average molecular weight is 372 g/mol. The van der Waals surface area contributed by atoms with Gasteiger partial charge in [0.1, 0.15) is 11.6 Å². The number of nitrogens with one attached hydrogen (secondary N) is 1. The highest BCUT2D eigenvalue weighted by molar-refractivity contribution is 5.91. The Kier molecular flexibility index (Phi) is 6.67.